The first-order valence-electron chi connectivity index (χ1n) is 11.6. The summed E-state index contributed by atoms with van der Waals surface area (Å²) in [5.74, 6) is -0.825. The lowest BCUT2D eigenvalue weighted by Gasteiger charge is -2.37. The van der Waals surface area contributed by atoms with E-state index in [0.29, 0.717) is 12.2 Å². The van der Waals surface area contributed by atoms with Crippen LogP contribution in [0.15, 0.2) is 30.6 Å². The van der Waals surface area contributed by atoms with Gasteiger partial charge in [0.2, 0.25) is 11.8 Å². The summed E-state index contributed by atoms with van der Waals surface area (Å²) < 4.78 is 1.75. The molecular weight excluding hydrogens is 432 g/mol. The van der Waals surface area contributed by atoms with Crippen LogP contribution in [-0.4, -0.2) is 56.7 Å². The Kier molecular flexibility index (Phi) is 5.67. The smallest absolute Gasteiger partial charge is 0.272 e. The first-order chi connectivity index (χ1) is 15.9. The maximum absolute atomic E-state index is 13.8. The van der Waals surface area contributed by atoms with Crippen LogP contribution in [0.1, 0.15) is 52.0 Å². The first-order valence-corrected chi connectivity index (χ1v) is 11.6. The molecule has 5 atom stereocenters. The molecule has 1 aliphatic carbocycles. The van der Waals surface area contributed by atoms with Gasteiger partial charge in [-0.1, -0.05) is 40.7 Å². The fourth-order valence-corrected chi connectivity index (χ4v) is 5.21. The largest absolute Gasteiger partial charge is 0.339 e. The topological polar surface area (TPSA) is 120 Å². The Balaban J connectivity index is 1.58. The summed E-state index contributed by atoms with van der Waals surface area (Å²) in [6.45, 7) is 11.9. The Labute approximate surface area is 199 Å². The highest BCUT2D eigenvalue weighted by atomic mass is 16.2. The molecule has 1 saturated carbocycles. The van der Waals surface area contributed by atoms with Gasteiger partial charge in [-0.15, -0.1) is 0 Å². The van der Waals surface area contributed by atoms with Crippen LogP contribution in [0.25, 0.3) is 5.65 Å². The van der Waals surface area contributed by atoms with Crippen molar-refractivity contribution >= 4 is 23.4 Å². The van der Waals surface area contributed by atoms with E-state index in [1.54, 1.807) is 34.7 Å². The maximum atomic E-state index is 13.8. The van der Waals surface area contributed by atoms with Gasteiger partial charge in [0.05, 0.1) is 6.07 Å². The molecule has 0 bridgehead atoms. The molecule has 2 aliphatic rings. The minimum absolute atomic E-state index is 0.0251. The van der Waals surface area contributed by atoms with E-state index in [9.17, 15) is 14.4 Å². The number of amides is 3. The number of nitriles is 1. The third-order valence-electron chi connectivity index (χ3n) is 7.30. The van der Waals surface area contributed by atoms with Gasteiger partial charge in [0, 0.05) is 18.9 Å². The van der Waals surface area contributed by atoms with Crippen molar-refractivity contribution in [3.8, 4) is 6.07 Å². The van der Waals surface area contributed by atoms with Crippen molar-refractivity contribution in [2.45, 2.75) is 59.7 Å². The molecule has 3 heterocycles. The predicted octanol–water partition coefficient (Wildman–Crippen LogP) is 1.99. The molecule has 2 aromatic heterocycles. The number of hydrogen-bond acceptors (Lipinski definition) is 5. The number of likely N-dealkylation sites (tertiary alicyclic amines) is 1. The van der Waals surface area contributed by atoms with E-state index in [1.165, 1.54) is 0 Å². The molecule has 1 saturated heterocycles. The summed E-state index contributed by atoms with van der Waals surface area (Å²) in [4.78, 5) is 46.0. The molecule has 2 fully saturated rings. The second-order valence-electron chi connectivity index (χ2n) is 11.1. The van der Waals surface area contributed by atoms with Crippen LogP contribution in [-0.2, 0) is 9.59 Å². The van der Waals surface area contributed by atoms with Gasteiger partial charge in [0.25, 0.3) is 5.91 Å². The second-order valence-corrected chi connectivity index (χ2v) is 11.1. The lowest BCUT2D eigenvalue weighted by Crippen LogP contribution is -2.59. The zero-order valence-electron chi connectivity index (χ0n) is 20.5. The van der Waals surface area contributed by atoms with Crippen LogP contribution in [0.3, 0.4) is 0 Å². The number of nitrogens with zero attached hydrogens (tertiary/aromatic N) is 4. The van der Waals surface area contributed by atoms with Gasteiger partial charge in [-0.3, -0.25) is 14.4 Å². The third-order valence-corrected chi connectivity index (χ3v) is 7.30. The molecule has 4 rings (SSSR count). The third kappa shape index (κ3) is 4.02. The summed E-state index contributed by atoms with van der Waals surface area (Å²) in [5.41, 5.74) is 0.202. The normalized spacial score (nSPS) is 24.6. The van der Waals surface area contributed by atoms with Gasteiger partial charge in [0.15, 0.2) is 0 Å². The lowest BCUT2D eigenvalue weighted by molar-refractivity contribution is -0.143. The Bertz CT molecular complexity index is 1150. The van der Waals surface area contributed by atoms with Crippen LogP contribution in [0.5, 0.6) is 0 Å². The molecule has 2 aromatic rings. The van der Waals surface area contributed by atoms with Crippen LogP contribution < -0.4 is 10.6 Å². The lowest BCUT2D eigenvalue weighted by atomic mass is 9.85. The highest BCUT2D eigenvalue weighted by Gasteiger charge is 2.69. The summed E-state index contributed by atoms with van der Waals surface area (Å²) in [5, 5.41) is 14.7. The molecule has 0 unspecified atom stereocenters. The number of carbonyl (C=O) groups excluding carboxylic acids is 3. The van der Waals surface area contributed by atoms with Crippen molar-refractivity contribution in [3.05, 3.63) is 36.3 Å². The van der Waals surface area contributed by atoms with Gasteiger partial charge in [-0.05, 0) is 41.7 Å². The van der Waals surface area contributed by atoms with Crippen molar-refractivity contribution in [2.75, 3.05) is 6.54 Å². The summed E-state index contributed by atoms with van der Waals surface area (Å²) >= 11 is 0. The molecule has 1 aliphatic heterocycles. The minimum Gasteiger partial charge on any atom is -0.339 e. The van der Waals surface area contributed by atoms with Crippen LogP contribution in [0.4, 0.5) is 0 Å². The molecular formula is C25H32N6O3. The van der Waals surface area contributed by atoms with Crippen molar-refractivity contribution in [2.24, 2.45) is 22.7 Å². The summed E-state index contributed by atoms with van der Waals surface area (Å²) in [6.07, 6.45) is 3.43. The Morgan fingerprint density at radius 3 is 2.56 bits per heavy atom. The standard InChI is InChI=1S/C25H32N6O3/c1-14(11-26)27-22(33)19-18-15(25(18,5)6)12-31(19)23(34)20(24(2,3)4)29-21(32)16-13-30-10-8-7-9-17(30)28-16/h7-10,13-15,18-20H,12H2,1-6H3,(H,27,33)(H,29,32)/t14-,15-,18-,19-,20+/m0/s1. The molecule has 0 radical (unpaired) electrons. The van der Waals surface area contributed by atoms with Gasteiger partial charge in [-0.25, -0.2) is 4.98 Å². The Morgan fingerprint density at radius 1 is 1.24 bits per heavy atom. The molecule has 34 heavy (non-hydrogen) atoms. The van der Waals surface area contributed by atoms with Crippen molar-refractivity contribution in [3.63, 3.8) is 0 Å². The number of imidazole rings is 1. The van der Waals surface area contributed by atoms with Crippen LogP contribution >= 0.6 is 0 Å². The quantitative estimate of drug-likeness (QED) is 0.701. The molecule has 2 N–H and O–H groups in total. The number of rotatable bonds is 5. The fourth-order valence-electron chi connectivity index (χ4n) is 5.21. The first kappa shape index (κ1) is 23.7. The number of hydrogen-bond donors (Lipinski definition) is 2. The summed E-state index contributed by atoms with van der Waals surface area (Å²) in [7, 11) is 0. The van der Waals surface area contributed by atoms with Gasteiger partial charge in [-0.2, -0.15) is 5.26 Å². The Hall–Kier alpha value is -3.41. The zero-order valence-corrected chi connectivity index (χ0v) is 20.5. The number of aromatic nitrogens is 2. The number of piperidine rings is 1. The molecule has 9 heteroatoms. The number of carbonyl (C=O) groups is 3. The van der Waals surface area contributed by atoms with E-state index in [4.69, 9.17) is 5.26 Å². The predicted molar refractivity (Wildman–Crippen MR) is 125 cm³/mol. The van der Waals surface area contributed by atoms with E-state index >= 15 is 0 Å². The molecule has 0 aromatic carbocycles. The van der Waals surface area contributed by atoms with E-state index in [1.807, 2.05) is 39.0 Å². The van der Waals surface area contributed by atoms with Gasteiger partial charge in [0.1, 0.15) is 29.5 Å². The van der Waals surface area contributed by atoms with Crippen LogP contribution in [0, 0.1) is 34.0 Å². The van der Waals surface area contributed by atoms with Gasteiger partial charge < -0.3 is 19.9 Å². The second kappa shape index (κ2) is 8.12. The van der Waals surface area contributed by atoms with E-state index < -0.39 is 29.4 Å². The molecule has 3 amide bonds. The molecule has 0 spiro atoms. The van der Waals surface area contributed by atoms with E-state index in [2.05, 4.69) is 29.5 Å². The van der Waals surface area contributed by atoms with Crippen molar-refractivity contribution in [1.29, 1.82) is 5.26 Å². The molecule has 9 nitrogen and oxygen atoms in total. The van der Waals surface area contributed by atoms with Crippen molar-refractivity contribution < 1.29 is 14.4 Å². The van der Waals surface area contributed by atoms with Crippen LogP contribution in [0.2, 0.25) is 0 Å². The SMILES string of the molecule is C[C@@H](C#N)NC(=O)[C@@H]1[C@@H]2[C@H](CN1C(=O)[C@@H](NC(=O)c1cn3ccccc3n1)C(C)(C)C)C2(C)C. The number of nitrogens with one attached hydrogen (secondary N) is 2. The highest BCUT2D eigenvalue weighted by Crippen LogP contribution is 2.65. The Morgan fingerprint density at radius 2 is 1.94 bits per heavy atom. The fraction of sp³-hybridized carbons (Fsp3) is 0.560. The van der Waals surface area contributed by atoms with E-state index in [-0.39, 0.29) is 34.8 Å². The van der Waals surface area contributed by atoms with Gasteiger partial charge >= 0.3 is 0 Å². The zero-order chi connectivity index (χ0) is 25.0. The average molecular weight is 465 g/mol. The summed E-state index contributed by atoms with van der Waals surface area (Å²) in [6, 6.07) is 5.32. The average Bonchev–Trinajstić information content (AvgIpc) is 3.16. The highest BCUT2D eigenvalue weighted by molar-refractivity contribution is 5.98. The van der Waals surface area contributed by atoms with E-state index in [0.717, 1.165) is 0 Å². The monoisotopic (exact) mass is 464 g/mol. The van der Waals surface area contributed by atoms with Crippen molar-refractivity contribution in [1.82, 2.24) is 24.9 Å². The number of fused-ring (bicyclic) bond motifs is 2. The molecule has 180 valence electrons. The number of pyridine rings is 1. The minimum atomic E-state index is -0.853. The maximum Gasteiger partial charge on any atom is 0.272 e.